The first kappa shape index (κ1) is 14.0. The highest BCUT2D eigenvalue weighted by Crippen LogP contribution is 2.32. The van der Waals surface area contributed by atoms with Gasteiger partial charge in [0.05, 0.1) is 13.1 Å². The van der Waals surface area contributed by atoms with Crippen LogP contribution in [0, 0.1) is 0 Å². The first-order valence-corrected chi connectivity index (χ1v) is 8.79. The van der Waals surface area contributed by atoms with E-state index in [1.54, 1.807) is 0 Å². The lowest BCUT2D eigenvalue weighted by Crippen LogP contribution is -2.42. The van der Waals surface area contributed by atoms with Crippen molar-refractivity contribution in [2.75, 3.05) is 0 Å². The molecule has 1 aliphatic carbocycles. The summed E-state index contributed by atoms with van der Waals surface area (Å²) >= 11 is 12.0. The van der Waals surface area contributed by atoms with Crippen LogP contribution < -0.4 is 5.32 Å². The number of amides is 1. The number of carbonyl (C=O) groups excluding carboxylic acids is 1. The van der Waals surface area contributed by atoms with Gasteiger partial charge in [-0.3, -0.25) is 4.79 Å². The minimum atomic E-state index is 0.00942. The molecule has 1 N–H and O–H groups in total. The van der Waals surface area contributed by atoms with Crippen LogP contribution in [0.25, 0.3) is 0 Å². The monoisotopic (exact) mass is 443 g/mol. The number of thiophene rings is 1. The van der Waals surface area contributed by atoms with Crippen LogP contribution >= 0.6 is 59.1 Å². The minimum Gasteiger partial charge on any atom is -0.348 e. The fourth-order valence-electron chi connectivity index (χ4n) is 1.99. The Morgan fingerprint density at radius 3 is 2.65 bits per heavy atom. The van der Waals surface area contributed by atoms with Gasteiger partial charge in [0.2, 0.25) is 0 Å². The first-order valence-electron chi connectivity index (χ1n) is 5.47. The topological polar surface area (TPSA) is 29.1 Å². The number of halogens is 3. The summed E-state index contributed by atoms with van der Waals surface area (Å²) in [6, 6.07) is 2.11. The number of rotatable bonds is 2. The zero-order valence-electron chi connectivity index (χ0n) is 9.01. The highest BCUT2D eigenvalue weighted by atomic mass is 79.9. The highest BCUT2D eigenvalue weighted by Gasteiger charge is 2.25. The molecule has 0 bridgehead atoms. The normalized spacial score (nSPS) is 24.6. The molecule has 2 rings (SSSR count). The van der Waals surface area contributed by atoms with Crippen LogP contribution in [0.4, 0.5) is 0 Å². The lowest BCUT2D eigenvalue weighted by atomic mass is 9.95. The summed E-state index contributed by atoms with van der Waals surface area (Å²) in [5, 5.41) is 3.11. The Morgan fingerprint density at radius 2 is 2.06 bits per heavy atom. The quantitative estimate of drug-likeness (QED) is 0.656. The van der Waals surface area contributed by atoms with Crippen molar-refractivity contribution in [2.45, 2.75) is 36.6 Å². The van der Waals surface area contributed by atoms with E-state index in [2.05, 4.69) is 53.1 Å². The van der Waals surface area contributed by atoms with Gasteiger partial charge in [-0.15, -0.1) is 11.3 Å². The summed E-state index contributed by atoms with van der Waals surface area (Å²) in [6.07, 6.45) is 4.64. The lowest BCUT2D eigenvalue weighted by molar-refractivity contribution is 0.0929. The van der Waals surface area contributed by atoms with Gasteiger partial charge in [0.1, 0.15) is 0 Å². The van der Waals surface area contributed by atoms with Crippen molar-refractivity contribution in [3.8, 4) is 0 Å². The summed E-state index contributed by atoms with van der Waals surface area (Å²) in [6.45, 7) is 0. The maximum absolute atomic E-state index is 12.1. The van der Waals surface area contributed by atoms with Gasteiger partial charge < -0.3 is 5.32 Å². The molecule has 1 amide bonds. The van der Waals surface area contributed by atoms with E-state index in [9.17, 15) is 4.79 Å². The van der Waals surface area contributed by atoms with Gasteiger partial charge in [-0.1, -0.05) is 28.8 Å². The van der Waals surface area contributed by atoms with E-state index >= 15 is 0 Å². The zero-order chi connectivity index (χ0) is 12.4. The van der Waals surface area contributed by atoms with E-state index in [4.69, 9.17) is 0 Å². The van der Waals surface area contributed by atoms with Crippen LogP contribution in [0.1, 0.15) is 36.0 Å². The van der Waals surface area contributed by atoms with Crippen molar-refractivity contribution in [3.63, 3.8) is 0 Å². The van der Waals surface area contributed by atoms with Crippen molar-refractivity contribution in [1.82, 2.24) is 5.32 Å². The Kier molecular flexibility index (Phi) is 5.09. The third-order valence-electron chi connectivity index (χ3n) is 2.90. The molecule has 6 heteroatoms. The fraction of sp³-hybridized carbons (Fsp3) is 0.545. The molecule has 1 fully saturated rings. The summed E-state index contributed by atoms with van der Waals surface area (Å²) in [5.74, 6) is 0.00942. The molecule has 2 atom stereocenters. The summed E-state index contributed by atoms with van der Waals surface area (Å²) in [7, 11) is 0. The molecule has 17 heavy (non-hydrogen) atoms. The van der Waals surface area contributed by atoms with Crippen LogP contribution in [0.2, 0.25) is 0 Å². The van der Waals surface area contributed by atoms with Crippen molar-refractivity contribution in [3.05, 3.63) is 19.2 Å². The van der Waals surface area contributed by atoms with E-state index in [1.807, 2.05) is 6.07 Å². The molecular formula is C11H12Br3NOS. The number of nitrogens with one attached hydrogen (secondary N) is 1. The van der Waals surface area contributed by atoms with E-state index in [0.29, 0.717) is 10.4 Å². The molecule has 2 unspecified atom stereocenters. The second-order valence-corrected chi connectivity index (χ2v) is 9.04. The summed E-state index contributed by atoms with van der Waals surface area (Å²) in [4.78, 5) is 12.5. The molecule has 0 saturated heterocycles. The van der Waals surface area contributed by atoms with Crippen molar-refractivity contribution in [1.29, 1.82) is 0 Å². The average molecular weight is 446 g/mol. The number of carbonyl (C=O) groups is 1. The summed E-state index contributed by atoms with van der Waals surface area (Å²) in [5.41, 5.74) is 0.715. The molecule has 0 radical (unpaired) electrons. The van der Waals surface area contributed by atoms with Gasteiger partial charge in [0, 0.05) is 10.9 Å². The van der Waals surface area contributed by atoms with Crippen LogP contribution in [0.15, 0.2) is 13.6 Å². The minimum absolute atomic E-state index is 0.00942. The second-order valence-electron chi connectivity index (χ2n) is 4.12. The average Bonchev–Trinajstić information content (AvgIpc) is 2.61. The molecule has 1 saturated carbocycles. The van der Waals surface area contributed by atoms with Crippen LogP contribution in [-0.2, 0) is 0 Å². The maximum Gasteiger partial charge on any atom is 0.253 e. The van der Waals surface area contributed by atoms with E-state index in [0.717, 1.165) is 20.4 Å². The van der Waals surface area contributed by atoms with Crippen molar-refractivity contribution in [2.24, 2.45) is 0 Å². The highest BCUT2D eigenvalue weighted by molar-refractivity contribution is 9.12. The lowest BCUT2D eigenvalue weighted by Gasteiger charge is -2.28. The molecule has 1 aliphatic rings. The molecule has 1 aromatic heterocycles. The van der Waals surface area contributed by atoms with Gasteiger partial charge in [-0.2, -0.15) is 0 Å². The molecule has 0 spiro atoms. The summed E-state index contributed by atoms with van der Waals surface area (Å²) < 4.78 is 1.84. The van der Waals surface area contributed by atoms with Crippen LogP contribution in [0.5, 0.6) is 0 Å². The third-order valence-corrected chi connectivity index (χ3v) is 6.33. The molecule has 94 valence electrons. The Labute approximate surface area is 130 Å². The Bertz CT molecular complexity index is 421. The van der Waals surface area contributed by atoms with E-state index < -0.39 is 0 Å². The predicted octanol–water partition coefficient (Wildman–Crippen LogP) is 4.71. The van der Waals surface area contributed by atoms with Gasteiger partial charge in [-0.25, -0.2) is 0 Å². The number of hydrogen-bond donors (Lipinski definition) is 1. The SMILES string of the molecule is O=C(NC1CCCCC1Br)c1cc(Br)sc1Br. The second kappa shape index (κ2) is 6.17. The Morgan fingerprint density at radius 1 is 1.35 bits per heavy atom. The first-order chi connectivity index (χ1) is 8.08. The van der Waals surface area contributed by atoms with Gasteiger partial charge in [0.15, 0.2) is 0 Å². The van der Waals surface area contributed by atoms with Gasteiger partial charge in [-0.05, 0) is 50.8 Å². The van der Waals surface area contributed by atoms with E-state index in [-0.39, 0.29) is 11.9 Å². The number of hydrogen-bond acceptors (Lipinski definition) is 2. The Hall–Kier alpha value is 0.610. The van der Waals surface area contributed by atoms with Crippen LogP contribution in [0.3, 0.4) is 0 Å². The molecule has 1 aromatic rings. The predicted molar refractivity (Wildman–Crippen MR) is 82.2 cm³/mol. The molecule has 2 nitrogen and oxygen atoms in total. The fourth-order valence-corrected chi connectivity index (χ4v) is 5.50. The molecule has 0 aliphatic heterocycles. The maximum atomic E-state index is 12.1. The van der Waals surface area contributed by atoms with Gasteiger partial charge in [0.25, 0.3) is 5.91 Å². The van der Waals surface area contributed by atoms with E-state index in [1.165, 1.54) is 24.2 Å². The largest absolute Gasteiger partial charge is 0.348 e. The Balaban J connectivity index is 2.03. The standard InChI is InChI=1S/C11H12Br3NOS/c12-7-3-1-2-4-8(7)15-11(16)6-5-9(13)17-10(6)14/h5,7-8H,1-4H2,(H,15,16). The number of alkyl halides is 1. The van der Waals surface area contributed by atoms with Crippen LogP contribution in [-0.4, -0.2) is 16.8 Å². The smallest absolute Gasteiger partial charge is 0.253 e. The molecular weight excluding hydrogens is 434 g/mol. The zero-order valence-corrected chi connectivity index (χ0v) is 14.6. The van der Waals surface area contributed by atoms with Gasteiger partial charge >= 0.3 is 0 Å². The third kappa shape index (κ3) is 3.55. The molecule has 1 heterocycles. The molecule has 0 aromatic carbocycles. The van der Waals surface area contributed by atoms with Crippen molar-refractivity contribution >= 4 is 65.0 Å². The van der Waals surface area contributed by atoms with Crippen molar-refractivity contribution < 1.29 is 4.79 Å².